The van der Waals surface area contributed by atoms with Crippen LogP contribution in [0.15, 0.2) is 29.2 Å². The zero-order chi connectivity index (χ0) is 14.9. The van der Waals surface area contributed by atoms with E-state index in [2.05, 4.69) is 0 Å². The molecule has 1 aliphatic rings. The normalized spacial score (nSPS) is 37.9. The first-order valence-electron chi connectivity index (χ1n) is 5.98. The lowest BCUT2D eigenvalue weighted by Crippen LogP contribution is -2.63. The van der Waals surface area contributed by atoms with Gasteiger partial charge in [0.05, 0.1) is 6.61 Å². The molecule has 1 aromatic carbocycles. The molecule has 0 amide bonds. The number of rotatable bonds is 3. The molecule has 1 heterocycles. The number of aliphatic hydroxyl groups is 5. The van der Waals surface area contributed by atoms with Gasteiger partial charge in [0.1, 0.15) is 24.4 Å². The van der Waals surface area contributed by atoms with Crippen molar-refractivity contribution >= 4 is 17.4 Å². The number of aliphatic hydroxyl groups excluding tert-OH is 4. The minimum atomic E-state index is -2.22. The SMILES string of the molecule is Nc1ccccc1S[C@]1(O)O[C@H](CO)[C@H](O)[C@H](O)[C@H]1O. The summed E-state index contributed by atoms with van der Waals surface area (Å²) in [5.41, 5.74) is 6.10. The molecule has 0 aliphatic carbocycles. The van der Waals surface area contributed by atoms with Gasteiger partial charge >= 0.3 is 0 Å². The zero-order valence-electron chi connectivity index (χ0n) is 10.5. The fourth-order valence-corrected chi connectivity index (χ4v) is 3.02. The molecule has 0 unspecified atom stereocenters. The second-order valence-electron chi connectivity index (χ2n) is 4.54. The molecular weight excluding hydrogens is 286 g/mol. The maximum absolute atomic E-state index is 10.4. The van der Waals surface area contributed by atoms with Crippen molar-refractivity contribution in [2.45, 2.75) is 34.4 Å². The molecule has 5 atom stereocenters. The summed E-state index contributed by atoms with van der Waals surface area (Å²) in [6.45, 7) is -0.613. The fourth-order valence-electron chi connectivity index (χ4n) is 1.94. The van der Waals surface area contributed by atoms with E-state index in [-0.39, 0.29) is 0 Å². The molecule has 1 aliphatic heterocycles. The first-order valence-corrected chi connectivity index (χ1v) is 6.79. The molecule has 2 rings (SSSR count). The lowest BCUT2D eigenvalue weighted by atomic mass is 9.99. The van der Waals surface area contributed by atoms with Crippen molar-refractivity contribution in [3.05, 3.63) is 24.3 Å². The summed E-state index contributed by atoms with van der Waals surface area (Å²) >= 11 is 0.703. The number of nitrogen functional groups attached to an aromatic ring is 1. The Morgan fingerprint density at radius 1 is 1.20 bits per heavy atom. The van der Waals surface area contributed by atoms with Crippen LogP contribution in [0.1, 0.15) is 0 Å². The van der Waals surface area contributed by atoms with Crippen LogP contribution < -0.4 is 5.73 Å². The number of benzene rings is 1. The average molecular weight is 303 g/mol. The molecule has 0 aromatic heterocycles. The summed E-state index contributed by atoms with van der Waals surface area (Å²) in [5.74, 6) is 0. The molecule has 7 N–H and O–H groups in total. The van der Waals surface area contributed by atoms with E-state index in [0.717, 1.165) is 0 Å². The maximum Gasteiger partial charge on any atom is 0.250 e. The van der Waals surface area contributed by atoms with Gasteiger partial charge in [0, 0.05) is 10.6 Å². The largest absolute Gasteiger partial charge is 0.398 e. The number of thioether (sulfide) groups is 1. The summed E-state index contributed by atoms with van der Waals surface area (Å²) in [7, 11) is 0. The molecule has 1 aromatic rings. The Kier molecular flexibility index (Phi) is 4.55. The van der Waals surface area contributed by atoms with E-state index in [1.54, 1.807) is 24.3 Å². The lowest BCUT2D eigenvalue weighted by Gasteiger charge is -2.44. The van der Waals surface area contributed by atoms with E-state index < -0.39 is 36.1 Å². The van der Waals surface area contributed by atoms with Crippen LogP contribution in [0.5, 0.6) is 0 Å². The van der Waals surface area contributed by atoms with Crippen molar-refractivity contribution in [1.29, 1.82) is 0 Å². The van der Waals surface area contributed by atoms with Gasteiger partial charge in [-0.05, 0) is 12.1 Å². The third-order valence-corrected chi connectivity index (χ3v) is 4.33. The predicted octanol–water partition coefficient (Wildman–Crippen LogP) is -1.52. The lowest BCUT2D eigenvalue weighted by molar-refractivity contribution is -0.305. The number of nitrogens with two attached hydrogens (primary N) is 1. The molecule has 1 saturated heterocycles. The van der Waals surface area contributed by atoms with Crippen molar-refractivity contribution in [2.24, 2.45) is 0 Å². The number of ether oxygens (including phenoxy) is 1. The van der Waals surface area contributed by atoms with Gasteiger partial charge in [0.25, 0.3) is 5.12 Å². The van der Waals surface area contributed by atoms with E-state index in [1.807, 2.05) is 0 Å². The summed E-state index contributed by atoms with van der Waals surface area (Å²) in [5, 5.41) is 46.5. The van der Waals surface area contributed by atoms with Crippen molar-refractivity contribution in [3.63, 3.8) is 0 Å². The maximum atomic E-state index is 10.4. The van der Waals surface area contributed by atoms with Crippen LogP contribution in [0.3, 0.4) is 0 Å². The highest BCUT2D eigenvalue weighted by atomic mass is 32.2. The number of hydrogen-bond acceptors (Lipinski definition) is 8. The Labute approximate surface area is 119 Å². The second kappa shape index (κ2) is 5.86. The van der Waals surface area contributed by atoms with Crippen LogP contribution in [0, 0.1) is 0 Å². The first kappa shape index (κ1) is 15.5. The van der Waals surface area contributed by atoms with Gasteiger partial charge in [-0.15, -0.1) is 0 Å². The Morgan fingerprint density at radius 2 is 1.85 bits per heavy atom. The molecule has 0 radical (unpaired) electrons. The van der Waals surface area contributed by atoms with Crippen LogP contribution in [0.4, 0.5) is 5.69 Å². The molecule has 8 heteroatoms. The first-order chi connectivity index (χ1) is 9.39. The number of para-hydroxylation sites is 1. The third-order valence-electron chi connectivity index (χ3n) is 3.10. The van der Waals surface area contributed by atoms with E-state index in [9.17, 15) is 20.4 Å². The van der Waals surface area contributed by atoms with Gasteiger partial charge in [-0.2, -0.15) is 0 Å². The molecule has 0 spiro atoms. The summed E-state index contributed by atoms with van der Waals surface area (Å²) in [6.07, 6.45) is -6.12. The van der Waals surface area contributed by atoms with Gasteiger partial charge in [-0.25, -0.2) is 0 Å². The van der Waals surface area contributed by atoms with Crippen LogP contribution >= 0.6 is 11.8 Å². The van der Waals surface area contributed by atoms with E-state index in [1.165, 1.54) is 0 Å². The van der Waals surface area contributed by atoms with Crippen molar-refractivity contribution in [1.82, 2.24) is 0 Å². The number of hydrogen-bond donors (Lipinski definition) is 6. The van der Waals surface area contributed by atoms with E-state index >= 15 is 0 Å². The molecule has 1 fully saturated rings. The number of anilines is 1. The highest BCUT2D eigenvalue weighted by molar-refractivity contribution is 8.00. The van der Waals surface area contributed by atoms with E-state index in [4.69, 9.17) is 15.6 Å². The molecule has 20 heavy (non-hydrogen) atoms. The minimum absolute atomic E-state index is 0.364. The zero-order valence-corrected chi connectivity index (χ0v) is 11.3. The average Bonchev–Trinajstić information content (AvgIpc) is 2.43. The quantitative estimate of drug-likeness (QED) is 0.293. The highest BCUT2D eigenvalue weighted by Gasteiger charge is 2.53. The van der Waals surface area contributed by atoms with Crippen molar-refractivity contribution < 1.29 is 30.3 Å². The molecule has 112 valence electrons. The topological polar surface area (TPSA) is 136 Å². The summed E-state index contributed by atoms with van der Waals surface area (Å²) in [6, 6.07) is 6.61. The van der Waals surface area contributed by atoms with Gasteiger partial charge in [0.2, 0.25) is 0 Å². The minimum Gasteiger partial charge on any atom is -0.398 e. The van der Waals surface area contributed by atoms with Crippen LogP contribution in [-0.4, -0.2) is 61.7 Å². The third kappa shape index (κ3) is 2.77. The van der Waals surface area contributed by atoms with Crippen molar-refractivity contribution in [3.8, 4) is 0 Å². The van der Waals surface area contributed by atoms with Crippen LogP contribution in [0.2, 0.25) is 0 Å². The Hall–Kier alpha value is -0.870. The molecule has 7 nitrogen and oxygen atoms in total. The smallest absolute Gasteiger partial charge is 0.250 e. The van der Waals surface area contributed by atoms with Gasteiger partial charge in [-0.3, -0.25) is 0 Å². The van der Waals surface area contributed by atoms with Gasteiger partial charge in [0.15, 0.2) is 0 Å². The predicted molar refractivity (Wildman–Crippen MR) is 71.6 cm³/mol. The van der Waals surface area contributed by atoms with E-state index in [0.29, 0.717) is 22.3 Å². The van der Waals surface area contributed by atoms with Gasteiger partial charge < -0.3 is 36.0 Å². The Morgan fingerprint density at radius 3 is 2.45 bits per heavy atom. The van der Waals surface area contributed by atoms with Crippen molar-refractivity contribution in [2.75, 3.05) is 12.3 Å². The monoisotopic (exact) mass is 303 g/mol. The Balaban J connectivity index is 2.26. The summed E-state index contributed by atoms with van der Waals surface area (Å²) in [4.78, 5) is 0.439. The van der Waals surface area contributed by atoms with Crippen LogP contribution in [0.25, 0.3) is 0 Å². The second-order valence-corrected chi connectivity index (χ2v) is 5.76. The summed E-state index contributed by atoms with van der Waals surface area (Å²) < 4.78 is 5.13. The fraction of sp³-hybridized carbons (Fsp3) is 0.500. The standard InChI is InChI=1S/C12H17NO6S/c13-6-3-1-2-4-8(6)20-12(18)11(17)10(16)9(15)7(5-14)19-12/h1-4,7,9-11,14-18H,5,13H2/t7-,9+,10+,11-,12-/m1/s1. The molecular formula is C12H17NO6S. The van der Waals surface area contributed by atoms with Crippen LogP contribution in [-0.2, 0) is 4.74 Å². The highest BCUT2D eigenvalue weighted by Crippen LogP contribution is 2.42. The molecule has 0 bridgehead atoms. The Bertz CT molecular complexity index is 473. The van der Waals surface area contributed by atoms with Gasteiger partial charge in [-0.1, -0.05) is 23.9 Å². The molecule has 0 saturated carbocycles.